The van der Waals surface area contributed by atoms with Gasteiger partial charge in [-0.25, -0.2) is 0 Å². The molecule has 0 spiro atoms. The molecule has 0 aromatic heterocycles. The summed E-state index contributed by atoms with van der Waals surface area (Å²) in [7, 11) is 0. The number of aryl methyl sites for hydroxylation is 1. The van der Waals surface area contributed by atoms with Crippen LogP contribution in [0.15, 0.2) is 24.3 Å². The van der Waals surface area contributed by atoms with E-state index >= 15 is 0 Å². The highest BCUT2D eigenvalue weighted by Crippen LogP contribution is 2.18. The Labute approximate surface area is 108 Å². The zero-order valence-electron chi connectivity index (χ0n) is 10.8. The van der Waals surface area contributed by atoms with Crippen molar-refractivity contribution in [3.8, 4) is 0 Å². The molecule has 0 saturated carbocycles. The van der Waals surface area contributed by atoms with E-state index in [0.29, 0.717) is 0 Å². The van der Waals surface area contributed by atoms with Crippen molar-refractivity contribution in [2.75, 3.05) is 6.54 Å². The van der Waals surface area contributed by atoms with Gasteiger partial charge in [-0.2, -0.15) is 0 Å². The van der Waals surface area contributed by atoms with E-state index in [-0.39, 0.29) is 13.0 Å². The summed E-state index contributed by atoms with van der Waals surface area (Å²) in [6.45, 7) is 1.98. The first kappa shape index (κ1) is 14.6. The van der Waals surface area contributed by atoms with Gasteiger partial charge in [-0.3, -0.25) is 10.1 Å². The number of aliphatic hydroxyl groups excluding tert-OH is 1. The van der Waals surface area contributed by atoms with E-state index in [1.165, 1.54) is 24.8 Å². The van der Waals surface area contributed by atoms with Gasteiger partial charge in [0.1, 0.15) is 0 Å². The van der Waals surface area contributed by atoms with Crippen LogP contribution in [0.5, 0.6) is 0 Å². The second kappa shape index (κ2) is 7.82. The number of hydrogen-bond acceptors (Lipinski definition) is 3. The Hall–Kier alpha value is -1.42. The van der Waals surface area contributed by atoms with Crippen LogP contribution in [-0.2, 0) is 6.42 Å². The second-order valence-electron chi connectivity index (χ2n) is 4.56. The van der Waals surface area contributed by atoms with Crippen molar-refractivity contribution >= 4 is 0 Å². The molecule has 1 aromatic rings. The summed E-state index contributed by atoms with van der Waals surface area (Å²) in [5.41, 5.74) is 2.02. The fourth-order valence-electron chi connectivity index (χ4n) is 1.88. The number of hydrogen-bond donors (Lipinski definition) is 1. The number of nitrogens with zero attached hydrogens (tertiary/aromatic N) is 1. The van der Waals surface area contributed by atoms with E-state index in [1.54, 1.807) is 0 Å². The molecule has 0 fully saturated rings. The van der Waals surface area contributed by atoms with Crippen molar-refractivity contribution in [1.82, 2.24) is 0 Å². The van der Waals surface area contributed by atoms with Crippen molar-refractivity contribution in [2.24, 2.45) is 0 Å². The van der Waals surface area contributed by atoms with Crippen LogP contribution in [0.4, 0.5) is 0 Å². The van der Waals surface area contributed by atoms with E-state index in [2.05, 4.69) is 6.92 Å². The lowest BCUT2D eigenvalue weighted by molar-refractivity contribution is -0.482. The summed E-state index contributed by atoms with van der Waals surface area (Å²) >= 11 is 0. The summed E-state index contributed by atoms with van der Waals surface area (Å²) < 4.78 is 0. The monoisotopic (exact) mass is 251 g/mol. The molecular formula is C14H21NO3. The van der Waals surface area contributed by atoms with E-state index in [9.17, 15) is 15.2 Å². The number of nitro groups is 1. The summed E-state index contributed by atoms with van der Waals surface area (Å²) in [5.74, 6) is 0. The molecular weight excluding hydrogens is 230 g/mol. The first-order valence-corrected chi connectivity index (χ1v) is 6.52. The molecule has 0 amide bonds. The van der Waals surface area contributed by atoms with Gasteiger partial charge >= 0.3 is 0 Å². The molecule has 18 heavy (non-hydrogen) atoms. The van der Waals surface area contributed by atoms with Crippen molar-refractivity contribution in [3.05, 3.63) is 45.5 Å². The van der Waals surface area contributed by atoms with Gasteiger partial charge in [-0.05, 0) is 24.0 Å². The smallest absolute Gasteiger partial charge is 0.206 e. The van der Waals surface area contributed by atoms with Crippen LogP contribution in [-0.4, -0.2) is 16.6 Å². The van der Waals surface area contributed by atoms with Gasteiger partial charge in [-0.15, -0.1) is 0 Å². The maximum atomic E-state index is 10.2. The Bertz CT molecular complexity index is 362. The fraction of sp³-hybridized carbons (Fsp3) is 0.571. The molecule has 1 unspecified atom stereocenters. The number of rotatable bonds is 8. The molecule has 0 bridgehead atoms. The first-order chi connectivity index (χ1) is 8.63. The molecule has 0 heterocycles. The van der Waals surface area contributed by atoms with Gasteiger partial charge < -0.3 is 5.11 Å². The lowest BCUT2D eigenvalue weighted by atomic mass is 10.0. The third kappa shape index (κ3) is 5.27. The van der Waals surface area contributed by atoms with Crippen molar-refractivity contribution < 1.29 is 10.0 Å². The maximum absolute atomic E-state index is 10.2. The van der Waals surface area contributed by atoms with Gasteiger partial charge in [0.2, 0.25) is 6.54 Å². The zero-order chi connectivity index (χ0) is 13.4. The average molecular weight is 251 g/mol. The highest BCUT2D eigenvalue weighted by atomic mass is 16.6. The van der Waals surface area contributed by atoms with Crippen LogP contribution in [0.1, 0.15) is 49.8 Å². The minimum Gasteiger partial charge on any atom is -0.388 e. The van der Waals surface area contributed by atoms with Crippen LogP contribution in [0.3, 0.4) is 0 Å². The minimum absolute atomic E-state index is 0.169. The Morgan fingerprint density at radius 2 is 1.94 bits per heavy atom. The molecule has 1 aromatic carbocycles. The number of benzene rings is 1. The van der Waals surface area contributed by atoms with Crippen molar-refractivity contribution in [3.63, 3.8) is 0 Å². The van der Waals surface area contributed by atoms with Crippen LogP contribution in [0.2, 0.25) is 0 Å². The van der Waals surface area contributed by atoms with Gasteiger partial charge in [-0.1, -0.05) is 44.0 Å². The second-order valence-corrected chi connectivity index (χ2v) is 4.56. The number of aliphatic hydroxyl groups is 1. The zero-order valence-corrected chi connectivity index (χ0v) is 10.8. The molecule has 0 aliphatic carbocycles. The van der Waals surface area contributed by atoms with E-state index in [0.717, 1.165) is 12.0 Å². The lowest BCUT2D eigenvalue weighted by Crippen LogP contribution is -2.07. The SMILES string of the molecule is CCCCCc1ccc(C(O)CC[N+](=O)[O-])cc1. The molecule has 0 radical (unpaired) electrons. The fourth-order valence-corrected chi connectivity index (χ4v) is 1.88. The topological polar surface area (TPSA) is 63.4 Å². The van der Waals surface area contributed by atoms with Crippen LogP contribution >= 0.6 is 0 Å². The highest BCUT2D eigenvalue weighted by Gasteiger charge is 2.10. The highest BCUT2D eigenvalue weighted by molar-refractivity contribution is 5.24. The quantitative estimate of drug-likeness (QED) is 0.438. The summed E-state index contributed by atoms with van der Waals surface area (Å²) in [5, 5.41) is 20.0. The predicted molar refractivity (Wildman–Crippen MR) is 71.1 cm³/mol. The van der Waals surface area contributed by atoms with E-state index < -0.39 is 11.0 Å². The molecule has 0 aliphatic rings. The number of unbranched alkanes of at least 4 members (excludes halogenated alkanes) is 2. The molecule has 0 aliphatic heterocycles. The van der Waals surface area contributed by atoms with Crippen LogP contribution in [0.25, 0.3) is 0 Å². The third-order valence-electron chi connectivity index (χ3n) is 3.02. The van der Waals surface area contributed by atoms with Gasteiger partial charge in [0.25, 0.3) is 0 Å². The Morgan fingerprint density at radius 1 is 1.28 bits per heavy atom. The lowest BCUT2D eigenvalue weighted by Gasteiger charge is -2.09. The molecule has 1 atom stereocenters. The van der Waals surface area contributed by atoms with Gasteiger partial charge in [0.05, 0.1) is 6.10 Å². The largest absolute Gasteiger partial charge is 0.388 e. The molecule has 100 valence electrons. The van der Waals surface area contributed by atoms with Crippen molar-refractivity contribution in [1.29, 1.82) is 0 Å². The summed E-state index contributed by atoms with van der Waals surface area (Å²) in [4.78, 5) is 9.83. The Morgan fingerprint density at radius 3 is 2.50 bits per heavy atom. The maximum Gasteiger partial charge on any atom is 0.206 e. The standard InChI is InChI=1S/C14H21NO3/c1-2-3-4-5-12-6-8-13(9-7-12)14(16)10-11-15(17)18/h6-9,14,16H,2-5,10-11H2,1H3. The third-order valence-corrected chi connectivity index (χ3v) is 3.02. The Balaban J connectivity index is 2.45. The van der Waals surface area contributed by atoms with Crippen LogP contribution in [0, 0.1) is 10.1 Å². The van der Waals surface area contributed by atoms with Gasteiger partial charge in [0.15, 0.2) is 0 Å². The molecule has 4 nitrogen and oxygen atoms in total. The molecule has 0 saturated heterocycles. The van der Waals surface area contributed by atoms with Crippen LogP contribution < -0.4 is 0 Å². The molecule has 4 heteroatoms. The molecule has 1 N–H and O–H groups in total. The summed E-state index contributed by atoms with van der Waals surface area (Å²) in [6, 6.07) is 7.73. The first-order valence-electron chi connectivity index (χ1n) is 6.52. The minimum atomic E-state index is -0.736. The van der Waals surface area contributed by atoms with E-state index in [1.807, 2.05) is 24.3 Å². The summed E-state index contributed by atoms with van der Waals surface area (Å²) in [6.07, 6.45) is 4.10. The predicted octanol–water partition coefficient (Wildman–Crippen LogP) is 3.12. The average Bonchev–Trinajstić information content (AvgIpc) is 2.37. The van der Waals surface area contributed by atoms with E-state index in [4.69, 9.17) is 0 Å². The van der Waals surface area contributed by atoms with Crippen molar-refractivity contribution in [2.45, 2.75) is 45.1 Å². The molecule has 1 rings (SSSR count). The van der Waals surface area contributed by atoms with Gasteiger partial charge in [0, 0.05) is 11.3 Å². The normalized spacial score (nSPS) is 12.3. The Kier molecular flexibility index (Phi) is 6.36.